The highest BCUT2D eigenvalue weighted by Crippen LogP contribution is 2.45. The number of carboxylic acids is 1. The van der Waals surface area contributed by atoms with Gasteiger partial charge in [0.25, 0.3) is 17.7 Å². The molecule has 2 aliphatic heterocycles. The number of carbonyl (C=O) groups excluding carboxylic acids is 10. The first-order chi connectivity index (χ1) is 47.6. The quantitative estimate of drug-likeness (QED) is 0.0303. The zero-order valence-electron chi connectivity index (χ0n) is 55.6. The van der Waals surface area contributed by atoms with Crippen molar-refractivity contribution in [1.82, 2.24) is 52.3 Å². The van der Waals surface area contributed by atoms with E-state index in [1.807, 2.05) is 121 Å². The number of aliphatic hydroxyl groups excluding tert-OH is 1. The topological polar surface area (TPSA) is 349 Å². The third-order valence-electron chi connectivity index (χ3n) is 19.2. The van der Waals surface area contributed by atoms with Crippen LogP contribution in [0.5, 0.6) is 5.75 Å². The smallest absolute Gasteiger partial charge is 0.407 e. The Kier molecular flexibility index (Phi) is 22.1. The third kappa shape index (κ3) is 18.3. The van der Waals surface area contributed by atoms with Gasteiger partial charge in [0.05, 0.1) is 42.4 Å². The minimum Gasteiger partial charge on any atom is -0.483 e. The first kappa shape index (κ1) is 70.2. The van der Waals surface area contributed by atoms with Crippen LogP contribution in [0.1, 0.15) is 132 Å². The fraction of sp³-hybridized carbons (Fsp3) is 0.446. The molecule has 4 saturated carbocycles. The van der Waals surface area contributed by atoms with Crippen molar-refractivity contribution >= 4 is 65.2 Å². The molecular formula is C74H86N10O15. The molecule has 6 aliphatic rings. The van der Waals surface area contributed by atoms with Gasteiger partial charge in [0.2, 0.25) is 35.4 Å². The number of nitrogens with one attached hydrogen (secondary N) is 8. The summed E-state index contributed by atoms with van der Waals surface area (Å²) in [5.74, 6) is -11.0. The number of aliphatic hydroxyl groups is 1. The first-order valence-electron chi connectivity index (χ1n) is 34.0. The molecule has 0 unspecified atom stereocenters. The number of carbonyl (C=O) groups is 11. The minimum absolute atomic E-state index is 0.0429. The summed E-state index contributed by atoms with van der Waals surface area (Å²) in [5.41, 5.74) is 3.34. The van der Waals surface area contributed by atoms with E-state index >= 15 is 4.79 Å². The molecule has 10 amide bonds. The van der Waals surface area contributed by atoms with Gasteiger partial charge >= 0.3 is 12.1 Å². The molecule has 99 heavy (non-hydrogen) atoms. The Bertz CT molecular complexity index is 3650. The van der Waals surface area contributed by atoms with Crippen molar-refractivity contribution in [3.05, 3.63) is 173 Å². The number of rotatable bonds is 29. The summed E-state index contributed by atoms with van der Waals surface area (Å²) in [5, 5.41) is 42.0. The Morgan fingerprint density at radius 2 is 0.919 bits per heavy atom. The van der Waals surface area contributed by atoms with Gasteiger partial charge in [0.1, 0.15) is 23.4 Å². The summed E-state index contributed by atoms with van der Waals surface area (Å²) in [6.45, 7) is 2.04. The van der Waals surface area contributed by atoms with Gasteiger partial charge in [-0.15, -0.1) is 0 Å². The average Bonchev–Trinajstić information content (AvgIpc) is 1.65. The Labute approximate surface area is 573 Å². The van der Waals surface area contributed by atoms with E-state index in [9.17, 15) is 58.2 Å². The zero-order chi connectivity index (χ0) is 70.1. The molecule has 25 nitrogen and oxygen atoms in total. The van der Waals surface area contributed by atoms with Crippen LogP contribution in [0, 0.1) is 23.7 Å². The first-order valence-corrected chi connectivity index (χ1v) is 34.0. The lowest BCUT2D eigenvalue weighted by Gasteiger charge is -2.21. The molecule has 11 rings (SSSR count). The van der Waals surface area contributed by atoms with Gasteiger partial charge in [-0.05, 0) is 106 Å². The average molecular weight is 1360 g/mol. The maximum atomic E-state index is 15.2. The molecular weight excluding hydrogens is 1270 g/mol. The van der Waals surface area contributed by atoms with Crippen molar-refractivity contribution in [2.45, 2.75) is 131 Å². The molecule has 2 heterocycles. The maximum Gasteiger partial charge on any atom is 0.407 e. The Hall–Kier alpha value is -10.2. The summed E-state index contributed by atoms with van der Waals surface area (Å²) in [6.07, 6.45) is 2.67. The summed E-state index contributed by atoms with van der Waals surface area (Å²) in [7, 11) is 0. The standard InChI is InChI=1S/C74H86N10O15/c1-74(2,3)99-73(97)75-29-17-16-26-56(72(95)96)78-69(92)61(40-85)77-63(86)35-76-64(87)41-98-62-30-46(70(93)83-36-52(65(88)79-57-31-48(57)42-18-8-4-9-19-42)53(37-83)66(89)80-58-32-49(58)43-20-10-5-11-21-43)27-28-47(62)71(94)84-38-54(67(90)81-59-33-50(59)44-22-12-6-13-23-44)55(39-84)68(91)82-60-34-51(60)45-24-14-7-15-25-45/h4-15,18-25,27-28,30,48-61,85H,16-17,26,29,31-41H2,1-3H3,(H,75,97)(H,76,87)(H,77,86)(H,78,92)(H,79,88)(H,80,89)(H,81,90)(H,82,91)(H,95,96)/t48-,49-,50-,51-,52-,53-,54-,55-,56+,57+,58+,59+,60+,61+/m1/s1. The number of carboxylic acid groups (broad SMARTS) is 1. The summed E-state index contributed by atoms with van der Waals surface area (Å²) < 4.78 is 11.3. The molecule has 5 aromatic rings. The van der Waals surface area contributed by atoms with Crippen molar-refractivity contribution in [2.24, 2.45) is 23.7 Å². The maximum absolute atomic E-state index is 15.2. The lowest BCUT2D eigenvalue weighted by molar-refractivity contribution is -0.142. The Morgan fingerprint density at radius 3 is 1.31 bits per heavy atom. The number of benzene rings is 5. The van der Waals surface area contributed by atoms with E-state index in [-0.39, 0.29) is 122 Å². The van der Waals surface area contributed by atoms with Crippen LogP contribution in [0.3, 0.4) is 0 Å². The number of hydrogen-bond donors (Lipinski definition) is 10. The number of unbranched alkanes of at least 4 members (excludes halogenated alkanes) is 1. The predicted molar refractivity (Wildman–Crippen MR) is 360 cm³/mol. The van der Waals surface area contributed by atoms with E-state index in [1.54, 1.807) is 20.8 Å². The van der Waals surface area contributed by atoms with Gasteiger partial charge in [-0.2, -0.15) is 0 Å². The fourth-order valence-corrected chi connectivity index (χ4v) is 13.5. The second-order valence-corrected chi connectivity index (χ2v) is 27.7. The zero-order valence-corrected chi connectivity index (χ0v) is 55.6. The van der Waals surface area contributed by atoms with Crippen LogP contribution in [0.2, 0.25) is 0 Å². The van der Waals surface area contributed by atoms with Crippen LogP contribution < -0.4 is 47.3 Å². The SMILES string of the molecule is CC(C)(C)OC(=O)NCCCC[C@H](NC(=O)[C@H](CO)NC(=O)CNC(=O)COc1cc(C(=O)N2C[C@@H](C(=O)N[C@H]3C[C@@H]3c3ccccc3)[C@H](C(=O)N[C@H]3C[C@@H]3c3ccccc3)C2)ccc1C(=O)N1C[C@@H](C(=O)N[C@H]2C[C@@H]2c2ccccc2)[C@H](C(=O)N[C@H]2C[C@@H]2c2ccccc2)C1)C(=O)O. The monoisotopic (exact) mass is 1350 g/mol. The van der Waals surface area contributed by atoms with Crippen LogP contribution in [0.25, 0.3) is 0 Å². The molecule has 4 aliphatic carbocycles. The van der Waals surface area contributed by atoms with Crippen molar-refractivity contribution in [3.8, 4) is 5.75 Å². The van der Waals surface area contributed by atoms with Crippen LogP contribution in [-0.2, 0) is 43.1 Å². The lowest BCUT2D eigenvalue weighted by Crippen LogP contribution is -2.54. The molecule has 14 atom stereocenters. The molecule has 0 radical (unpaired) electrons. The van der Waals surface area contributed by atoms with Crippen molar-refractivity contribution < 1.29 is 72.4 Å². The molecule has 0 aromatic heterocycles. The molecule has 5 aromatic carbocycles. The van der Waals surface area contributed by atoms with Gasteiger partial charge in [-0.1, -0.05) is 121 Å². The van der Waals surface area contributed by atoms with Gasteiger partial charge in [-0.3, -0.25) is 43.2 Å². The summed E-state index contributed by atoms with van der Waals surface area (Å²) >= 11 is 0. The van der Waals surface area contributed by atoms with Gasteiger partial charge in [0.15, 0.2) is 6.61 Å². The van der Waals surface area contributed by atoms with E-state index in [0.717, 1.165) is 22.3 Å². The summed E-state index contributed by atoms with van der Waals surface area (Å²) in [6, 6.07) is 39.2. The molecule has 6 fully saturated rings. The largest absolute Gasteiger partial charge is 0.483 e. The second-order valence-electron chi connectivity index (χ2n) is 27.7. The number of alkyl carbamates (subject to hydrolysis) is 1. The highest BCUT2D eigenvalue weighted by Gasteiger charge is 2.51. The predicted octanol–water partition coefficient (Wildman–Crippen LogP) is 3.99. The highest BCUT2D eigenvalue weighted by molar-refractivity contribution is 6.02. The number of nitrogens with zero attached hydrogens (tertiary/aromatic N) is 2. The Morgan fingerprint density at radius 1 is 0.505 bits per heavy atom. The molecule has 10 N–H and O–H groups in total. The van der Waals surface area contributed by atoms with Crippen LogP contribution in [0.15, 0.2) is 140 Å². The van der Waals surface area contributed by atoms with E-state index in [4.69, 9.17) is 9.47 Å². The van der Waals surface area contributed by atoms with E-state index in [2.05, 4.69) is 42.5 Å². The molecule has 522 valence electrons. The van der Waals surface area contributed by atoms with E-state index in [1.165, 1.54) is 28.0 Å². The van der Waals surface area contributed by atoms with Gasteiger partial charge in [0, 0.05) is 86.1 Å². The van der Waals surface area contributed by atoms with Crippen molar-refractivity contribution in [3.63, 3.8) is 0 Å². The highest BCUT2D eigenvalue weighted by atomic mass is 16.6. The van der Waals surface area contributed by atoms with Crippen LogP contribution in [0.4, 0.5) is 4.79 Å². The third-order valence-corrected chi connectivity index (χ3v) is 19.2. The molecule has 25 heteroatoms. The molecule has 0 spiro atoms. The summed E-state index contributed by atoms with van der Waals surface area (Å²) in [4.78, 5) is 155. The van der Waals surface area contributed by atoms with E-state index in [0.29, 0.717) is 32.1 Å². The number of ether oxygens (including phenoxy) is 2. The number of aliphatic carboxylic acids is 1. The second kappa shape index (κ2) is 31.1. The van der Waals surface area contributed by atoms with Crippen LogP contribution in [-0.4, -0.2) is 180 Å². The van der Waals surface area contributed by atoms with Crippen molar-refractivity contribution in [1.29, 1.82) is 0 Å². The van der Waals surface area contributed by atoms with Crippen LogP contribution >= 0.6 is 0 Å². The Balaban J connectivity index is 0.791. The number of amides is 10. The van der Waals surface area contributed by atoms with Crippen molar-refractivity contribution in [2.75, 3.05) is 52.5 Å². The van der Waals surface area contributed by atoms with Gasteiger partial charge in [-0.25, -0.2) is 9.59 Å². The number of likely N-dealkylation sites (tertiary alicyclic amines) is 2. The molecule has 0 bridgehead atoms. The number of hydrogen-bond acceptors (Lipinski definition) is 14. The minimum atomic E-state index is -1.64. The lowest BCUT2D eigenvalue weighted by atomic mass is 9.94. The fourth-order valence-electron chi connectivity index (χ4n) is 13.5. The molecule has 2 saturated heterocycles. The van der Waals surface area contributed by atoms with Gasteiger partial charge < -0.3 is 72.0 Å². The normalized spacial score (nSPS) is 24.5. The van der Waals surface area contributed by atoms with E-state index < -0.39 is 115 Å².